The lowest BCUT2D eigenvalue weighted by Crippen LogP contribution is -2.17. The average molecular weight is 1060 g/mol. The fourth-order valence-electron chi connectivity index (χ4n) is 15.1. The molecule has 12 aromatic carbocycles. The van der Waals surface area contributed by atoms with Gasteiger partial charge >= 0.3 is 0 Å². The zero-order chi connectivity index (χ0) is 54.7. The van der Waals surface area contributed by atoms with Crippen LogP contribution in [0.3, 0.4) is 0 Å². The van der Waals surface area contributed by atoms with Crippen molar-refractivity contribution in [2.24, 2.45) is 0 Å². The largest absolute Gasteiger partial charge is 0.309 e. The molecule has 2 aromatic heterocycles. The van der Waals surface area contributed by atoms with E-state index in [0.29, 0.717) is 0 Å². The normalized spacial score (nSPS) is 13.7. The minimum atomic E-state index is 0.251. The first-order valence-corrected chi connectivity index (χ1v) is 30.2. The van der Waals surface area contributed by atoms with Crippen LogP contribution < -0.4 is 9.80 Å². The van der Waals surface area contributed by atoms with Crippen molar-refractivity contribution < 1.29 is 0 Å². The Morgan fingerprint density at radius 3 is 1.10 bits per heavy atom. The van der Waals surface area contributed by atoms with Gasteiger partial charge in [0.2, 0.25) is 0 Å². The van der Waals surface area contributed by atoms with E-state index in [4.69, 9.17) is 0 Å². The van der Waals surface area contributed by atoms with Crippen molar-refractivity contribution in [2.75, 3.05) is 9.80 Å². The number of hydrogen-bond donors (Lipinski definition) is 0. The summed E-state index contributed by atoms with van der Waals surface area (Å²) in [5.74, 6) is 0.503. The highest BCUT2D eigenvalue weighted by Gasteiger charge is 2.31. The molecule has 82 heavy (non-hydrogen) atoms. The smallest absolute Gasteiger partial charge is 0.0562 e. The summed E-state index contributed by atoms with van der Waals surface area (Å²) < 4.78 is 4.95. The maximum atomic E-state index is 2.71. The number of nitrogens with zero attached hydrogens (tertiary/aromatic N) is 4. The van der Waals surface area contributed by atoms with Crippen LogP contribution in [0.2, 0.25) is 0 Å². The van der Waals surface area contributed by atoms with Crippen molar-refractivity contribution in [1.82, 2.24) is 9.13 Å². The Kier molecular flexibility index (Phi) is 11.5. The molecule has 0 radical (unpaired) electrons. The first kappa shape index (κ1) is 48.8. The van der Waals surface area contributed by atoms with E-state index in [0.717, 1.165) is 25.7 Å². The van der Waals surface area contributed by atoms with E-state index in [1.807, 2.05) is 0 Å². The van der Waals surface area contributed by atoms with Crippen LogP contribution >= 0.6 is 0 Å². The Bertz CT molecular complexity index is 4520. The standard InChI is InChI=1S/C78H66N4/c1-49(2)63-47-73(81(65-37-19-25-51-23-11-13-31-55(51)65)71-41-21-39-69-77(71)59-33-15-17-35-67(59)79(69)53-27-7-5-8-28-53)61-46-44-58-64(50(3)4)48-74(62-45-43-57(63)75(61)76(58)62)82(66-38-20-26-52-24-12-14-32-56(52)66)72-42-22-40-70-78(72)60-34-16-18-36-68(60)80(70)54-29-9-6-10-30-54/h5-10,15-22,25-30,33-50H,11-14,23-24,31-32H2,1-4H3. The van der Waals surface area contributed by atoms with Crippen molar-refractivity contribution in [3.8, 4) is 11.4 Å². The number of rotatable bonds is 10. The van der Waals surface area contributed by atoms with E-state index in [1.54, 1.807) is 0 Å². The van der Waals surface area contributed by atoms with Crippen molar-refractivity contribution in [3.63, 3.8) is 0 Å². The first-order chi connectivity index (χ1) is 40.4. The molecule has 0 bridgehead atoms. The number of fused-ring (bicyclic) bond motifs is 8. The van der Waals surface area contributed by atoms with Gasteiger partial charge in [-0.1, -0.05) is 161 Å². The third-order valence-electron chi connectivity index (χ3n) is 18.7. The first-order valence-electron chi connectivity index (χ1n) is 30.2. The molecule has 16 rings (SSSR count). The van der Waals surface area contributed by atoms with Gasteiger partial charge in [-0.05, 0) is 203 Å². The Labute approximate surface area is 480 Å². The second-order valence-electron chi connectivity index (χ2n) is 24.0. The lowest BCUT2D eigenvalue weighted by molar-refractivity contribution is 0.686. The molecule has 0 saturated carbocycles. The monoisotopic (exact) mass is 1060 g/mol. The van der Waals surface area contributed by atoms with E-state index in [9.17, 15) is 0 Å². The highest BCUT2D eigenvalue weighted by atomic mass is 15.2. The summed E-state index contributed by atoms with van der Waals surface area (Å²) in [5, 5.41) is 13.0. The van der Waals surface area contributed by atoms with Crippen LogP contribution in [-0.4, -0.2) is 9.13 Å². The molecule has 0 aliphatic heterocycles. The topological polar surface area (TPSA) is 16.3 Å². The summed E-state index contributed by atoms with van der Waals surface area (Å²) >= 11 is 0. The number of aromatic nitrogens is 2. The minimum Gasteiger partial charge on any atom is -0.309 e. The van der Waals surface area contributed by atoms with E-state index in [2.05, 4.69) is 265 Å². The van der Waals surface area contributed by atoms with Gasteiger partial charge in [0, 0.05) is 55.1 Å². The molecule has 0 atom stereocenters. The van der Waals surface area contributed by atoms with Gasteiger partial charge in [-0.3, -0.25) is 0 Å². The molecule has 2 aliphatic rings. The Morgan fingerprint density at radius 1 is 0.293 bits per heavy atom. The number of para-hydroxylation sites is 4. The molecule has 4 nitrogen and oxygen atoms in total. The zero-order valence-corrected chi connectivity index (χ0v) is 47.4. The predicted octanol–water partition coefficient (Wildman–Crippen LogP) is 21.7. The summed E-state index contributed by atoms with van der Waals surface area (Å²) in [4.78, 5) is 5.42. The van der Waals surface area contributed by atoms with E-state index >= 15 is 0 Å². The van der Waals surface area contributed by atoms with Crippen molar-refractivity contribution in [1.29, 1.82) is 0 Å². The summed E-state index contributed by atoms with van der Waals surface area (Å²) in [5.41, 5.74) is 23.3. The summed E-state index contributed by atoms with van der Waals surface area (Å²) in [6.07, 6.45) is 9.15. The van der Waals surface area contributed by atoms with Crippen LogP contribution in [0.4, 0.5) is 34.1 Å². The average Bonchev–Trinajstić information content (AvgIpc) is 3.58. The van der Waals surface area contributed by atoms with Crippen molar-refractivity contribution in [2.45, 2.75) is 90.9 Å². The molecule has 0 N–H and O–H groups in total. The number of benzene rings is 12. The minimum absolute atomic E-state index is 0.251. The molecule has 0 unspecified atom stereocenters. The van der Waals surface area contributed by atoms with Gasteiger partial charge in [0.15, 0.2) is 0 Å². The maximum absolute atomic E-state index is 2.71. The number of hydrogen-bond acceptors (Lipinski definition) is 2. The molecule has 0 fully saturated rings. The van der Waals surface area contributed by atoms with Crippen LogP contribution in [0, 0.1) is 0 Å². The summed E-state index contributed by atoms with van der Waals surface area (Å²) in [7, 11) is 0. The van der Waals surface area contributed by atoms with Gasteiger partial charge < -0.3 is 18.9 Å². The van der Waals surface area contributed by atoms with E-state index in [1.165, 1.54) is 180 Å². The van der Waals surface area contributed by atoms with Crippen LogP contribution in [0.5, 0.6) is 0 Å². The third-order valence-corrected chi connectivity index (χ3v) is 18.7. The fourth-order valence-corrected chi connectivity index (χ4v) is 15.1. The third kappa shape index (κ3) is 7.36. The molecule has 0 saturated heterocycles. The zero-order valence-electron chi connectivity index (χ0n) is 47.4. The molecular formula is C78H66N4. The van der Waals surface area contributed by atoms with Crippen LogP contribution in [0.25, 0.3) is 87.3 Å². The lowest BCUT2D eigenvalue weighted by Gasteiger charge is -2.34. The molecule has 398 valence electrons. The number of anilines is 6. The Morgan fingerprint density at radius 2 is 0.659 bits per heavy atom. The molecular weight excluding hydrogens is 993 g/mol. The van der Waals surface area contributed by atoms with Crippen LogP contribution in [0.1, 0.15) is 98.6 Å². The van der Waals surface area contributed by atoms with Gasteiger partial charge in [-0.2, -0.15) is 0 Å². The predicted molar refractivity (Wildman–Crippen MR) is 350 cm³/mol. The highest BCUT2D eigenvalue weighted by Crippen LogP contribution is 2.55. The summed E-state index contributed by atoms with van der Waals surface area (Å²) in [6, 6.07) is 83.5. The number of aryl methyl sites for hydroxylation is 2. The Hall–Kier alpha value is -9.12. The van der Waals surface area contributed by atoms with Gasteiger partial charge in [0.25, 0.3) is 0 Å². The van der Waals surface area contributed by atoms with Crippen molar-refractivity contribution >= 4 is 110 Å². The molecule has 0 spiro atoms. The lowest BCUT2D eigenvalue weighted by atomic mass is 9.83. The van der Waals surface area contributed by atoms with Gasteiger partial charge in [-0.15, -0.1) is 0 Å². The summed E-state index contributed by atoms with van der Waals surface area (Å²) in [6.45, 7) is 9.60. The fraction of sp³-hybridized carbons (Fsp3) is 0.179. The van der Waals surface area contributed by atoms with E-state index < -0.39 is 0 Å². The van der Waals surface area contributed by atoms with Crippen molar-refractivity contribution in [3.05, 3.63) is 252 Å². The maximum Gasteiger partial charge on any atom is 0.0562 e. The molecule has 2 heterocycles. The van der Waals surface area contributed by atoms with Gasteiger partial charge in [-0.25, -0.2) is 0 Å². The van der Waals surface area contributed by atoms with E-state index in [-0.39, 0.29) is 11.8 Å². The highest BCUT2D eigenvalue weighted by molar-refractivity contribution is 6.30. The van der Waals surface area contributed by atoms with Gasteiger partial charge in [0.05, 0.1) is 44.8 Å². The van der Waals surface area contributed by atoms with Crippen LogP contribution in [-0.2, 0) is 25.7 Å². The molecule has 4 heteroatoms. The quantitative estimate of drug-likeness (QED) is 0.127. The van der Waals surface area contributed by atoms with Gasteiger partial charge in [0.1, 0.15) is 0 Å². The second-order valence-corrected chi connectivity index (χ2v) is 24.0. The second kappa shape index (κ2) is 19.3. The molecule has 2 aliphatic carbocycles. The Balaban J connectivity index is 1.04. The SMILES string of the molecule is CC(C)c1cc(N(c2cccc3c2CCCC3)c2cccc3c2c2ccccc2n3-c2ccccc2)c2ccc3c(C(C)C)cc(N(c4cccc5c4CCCC5)c4cccc5c4c4ccccc4n5-c4ccccc4)c4ccc1c2c34. The van der Waals surface area contributed by atoms with Crippen LogP contribution in [0.15, 0.2) is 218 Å². The molecule has 14 aromatic rings. The molecule has 0 amide bonds.